The van der Waals surface area contributed by atoms with E-state index < -0.39 is 5.41 Å². The van der Waals surface area contributed by atoms with Gasteiger partial charge in [0.1, 0.15) is 5.82 Å². The highest BCUT2D eigenvalue weighted by Gasteiger charge is 2.53. The Morgan fingerprint density at radius 1 is 1.43 bits per heavy atom. The molecule has 2 aliphatic rings. The normalized spacial score (nSPS) is 27.6. The second-order valence-electron chi connectivity index (χ2n) is 6.44. The molecule has 0 saturated heterocycles. The minimum atomic E-state index is -0.666. The zero-order valence-corrected chi connectivity index (χ0v) is 12.3. The van der Waals surface area contributed by atoms with Gasteiger partial charge >= 0.3 is 0 Å². The van der Waals surface area contributed by atoms with Crippen LogP contribution < -0.4 is 5.32 Å². The first-order chi connectivity index (χ1) is 10.1. The van der Waals surface area contributed by atoms with E-state index in [1.165, 1.54) is 6.07 Å². The topological polar surface area (TPSA) is 49.3 Å². The van der Waals surface area contributed by atoms with E-state index in [4.69, 9.17) is 0 Å². The average molecular weight is 291 g/mol. The van der Waals surface area contributed by atoms with Gasteiger partial charge in [-0.05, 0) is 44.1 Å². The molecule has 21 heavy (non-hydrogen) atoms. The molecule has 0 spiro atoms. The first kappa shape index (κ1) is 14.5. The quantitative estimate of drug-likeness (QED) is 0.876. The van der Waals surface area contributed by atoms with Crippen LogP contribution in [0.4, 0.5) is 4.39 Å². The summed E-state index contributed by atoms with van der Waals surface area (Å²) >= 11 is 0. The molecule has 0 aliphatic heterocycles. The molecule has 1 unspecified atom stereocenters. The Morgan fingerprint density at radius 2 is 2.10 bits per heavy atom. The predicted molar refractivity (Wildman–Crippen MR) is 78.3 cm³/mol. The van der Waals surface area contributed by atoms with Crippen LogP contribution in [0.25, 0.3) is 0 Å². The maximum atomic E-state index is 14.0. The summed E-state index contributed by atoms with van der Waals surface area (Å²) in [6.45, 7) is 2.04. The lowest BCUT2D eigenvalue weighted by Gasteiger charge is -2.38. The van der Waals surface area contributed by atoms with Gasteiger partial charge in [-0.2, -0.15) is 0 Å². The third kappa shape index (κ3) is 2.57. The fraction of sp³-hybridized carbons (Fsp3) is 0.588. The Morgan fingerprint density at radius 3 is 2.62 bits per heavy atom. The Balaban J connectivity index is 1.71. The van der Waals surface area contributed by atoms with E-state index in [1.807, 2.05) is 6.92 Å². The van der Waals surface area contributed by atoms with Crippen LogP contribution in [0.15, 0.2) is 24.3 Å². The minimum absolute atomic E-state index is 0.0548. The Labute approximate surface area is 124 Å². The number of hydrogen-bond acceptors (Lipinski definition) is 2. The highest BCUT2D eigenvalue weighted by Crippen LogP contribution is 2.49. The van der Waals surface area contributed by atoms with Gasteiger partial charge in [0.15, 0.2) is 0 Å². The number of halogens is 1. The van der Waals surface area contributed by atoms with Crippen LogP contribution in [0.5, 0.6) is 0 Å². The summed E-state index contributed by atoms with van der Waals surface area (Å²) in [5.41, 5.74) is -0.146. The molecule has 0 heterocycles. The molecule has 3 rings (SSSR count). The minimum Gasteiger partial charge on any atom is -0.393 e. The van der Waals surface area contributed by atoms with Crippen LogP contribution in [0.3, 0.4) is 0 Å². The first-order valence-electron chi connectivity index (χ1n) is 7.81. The molecule has 0 aromatic heterocycles. The number of amides is 1. The number of hydrogen-bond donors (Lipinski definition) is 2. The summed E-state index contributed by atoms with van der Waals surface area (Å²) in [7, 11) is 0. The molecule has 0 radical (unpaired) electrons. The summed E-state index contributed by atoms with van der Waals surface area (Å²) in [6, 6.07) is 6.66. The molecular weight excluding hydrogens is 269 g/mol. The molecule has 2 fully saturated rings. The third-order valence-electron chi connectivity index (χ3n) is 5.05. The molecule has 4 heteroatoms. The number of benzene rings is 1. The second kappa shape index (κ2) is 5.41. The van der Waals surface area contributed by atoms with Crippen molar-refractivity contribution < 1.29 is 14.3 Å². The zero-order chi connectivity index (χ0) is 15.0. The van der Waals surface area contributed by atoms with E-state index in [-0.39, 0.29) is 23.9 Å². The lowest BCUT2D eigenvalue weighted by atomic mass is 9.76. The number of rotatable bonds is 5. The van der Waals surface area contributed by atoms with E-state index in [1.54, 1.807) is 18.2 Å². The molecule has 0 bridgehead atoms. The van der Waals surface area contributed by atoms with Gasteiger partial charge in [-0.15, -0.1) is 0 Å². The van der Waals surface area contributed by atoms with Crippen molar-refractivity contribution >= 4 is 5.91 Å². The van der Waals surface area contributed by atoms with E-state index in [0.29, 0.717) is 24.3 Å². The van der Waals surface area contributed by atoms with Crippen LogP contribution in [0, 0.1) is 11.7 Å². The summed E-state index contributed by atoms with van der Waals surface area (Å²) in [4.78, 5) is 12.6. The summed E-state index contributed by atoms with van der Waals surface area (Å²) < 4.78 is 14.0. The molecule has 2 aliphatic carbocycles. The molecule has 1 atom stereocenters. The fourth-order valence-electron chi connectivity index (χ4n) is 3.41. The van der Waals surface area contributed by atoms with Crippen molar-refractivity contribution in [2.75, 3.05) is 0 Å². The number of aliphatic hydroxyl groups excluding tert-OH is 1. The van der Waals surface area contributed by atoms with Crippen molar-refractivity contribution in [3.8, 4) is 0 Å². The van der Waals surface area contributed by atoms with Gasteiger partial charge in [0, 0.05) is 11.6 Å². The van der Waals surface area contributed by atoms with Gasteiger partial charge in [-0.1, -0.05) is 25.1 Å². The molecule has 3 nitrogen and oxygen atoms in total. The van der Waals surface area contributed by atoms with Crippen molar-refractivity contribution in [2.24, 2.45) is 5.92 Å². The van der Waals surface area contributed by atoms with Crippen LogP contribution in [0.1, 0.15) is 44.6 Å². The van der Waals surface area contributed by atoms with E-state index >= 15 is 0 Å². The zero-order valence-electron chi connectivity index (χ0n) is 12.3. The SMILES string of the molecule is CCC(NC(=O)C1(c2ccccc2F)CC1)C1CC(O)C1. The third-order valence-corrected chi connectivity index (χ3v) is 5.05. The number of aliphatic hydroxyl groups is 1. The lowest BCUT2D eigenvalue weighted by Crippen LogP contribution is -2.49. The standard InChI is InChI=1S/C17H22FNO2/c1-2-15(11-9-12(20)10-11)19-16(21)17(7-8-17)13-5-3-4-6-14(13)18/h3-6,11-12,15,20H,2,7-10H2,1H3,(H,19,21). The number of nitrogens with one attached hydrogen (secondary N) is 1. The van der Waals surface area contributed by atoms with Crippen LogP contribution in [-0.2, 0) is 10.2 Å². The average Bonchev–Trinajstić information content (AvgIpc) is 3.23. The fourth-order valence-corrected chi connectivity index (χ4v) is 3.41. The van der Waals surface area contributed by atoms with Crippen molar-refractivity contribution in [3.05, 3.63) is 35.6 Å². The smallest absolute Gasteiger partial charge is 0.230 e. The van der Waals surface area contributed by atoms with E-state index in [0.717, 1.165) is 19.3 Å². The largest absolute Gasteiger partial charge is 0.393 e. The van der Waals surface area contributed by atoms with Gasteiger partial charge in [-0.25, -0.2) is 4.39 Å². The van der Waals surface area contributed by atoms with E-state index in [9.17, 15) is 14.3 Å². The number of carbonyl (C=O) groups is 1. The van der Waals surface area contributed by atoms with Crippen molar-refractivity contribution in [1.82, 2.24) is 5.32 Å². The molecule has 1 aromatic rings. The van der Waals surface area contributed by atoms with Crippen molar-refractivity contribution in [2.45, 2.75) is 56.6 Å². The maximum absolute atomic E-state index is 14.0. The Hall–Kier alpha value is -1.42. The lowest BCUT2D eigenvalue weighted by molar-refractivity contribution is -0.125. The molecule has 2 saturated carbocycles. The van der Waals surface area contributed by atoms with Crippen LogP contribution >= 0.6 is 0 Å². The Bertz CT molecular complexity index is 535. The van der Waals surface area contributed by atoms with Gasteiger partial charge < -0.3 is 10.4 Å². The summed E-state index contributed by atoms with van der Waals surface area (Å²) in [6.07, 6.45) is 3.56. The second-order valence-corrected chi connectivity index (χ2v) is 6.44. The van der Waals surface area contributed by atoms with Gasteiger partial charge in [0.05, 0.1) is 11.5 Å². The molecular formula is C17H22FNO2. The first-order valence-corrected chi connectivity index (χ1v) is 7.81. The van der Waals surface area contributed by atoms with Crippen LogP contribution in [-0.4, -0.2) is 23.2 Å². The highest BCUT2D eigenvalue weighted by atomic mass is 19.1. The van der Waals surface area contributed by atoms with Crippen molar-refractivity contribution in [1.29, 1.82) is 0 Å². The molecule has 1 aromatic carbocycles. The van der Waals surface area contributed by atoms with Gasteiger partial charge in [0.2, 0.25) is 5.91 Å². The number of carbonyl (C=O) groups excluding carboxylic acids is 1. The summed E-state index contributed by atoms with van der Waals surface area (Å²) in [5, 5.41) is 12.5. The van der Waals surface area contributed by atoms with Gasteiger partial charge in [0.25, 0.3) is 0 Å². The van der Waals surface area contributed by atoms with Gasteiger partial charge in [-0.3, -0.25) is 4.79 Å². The Kier molecular flexibility index (Phi) is 3.74. The summed E-state index contributed by atoms with van der Waals surface area (Å²) in [5.74, 6) is 0.00322. The highest BCUT2D eigenvalue weighted by molar-refractivity contribution is 5.91. The monoisotopic (exact) mass is 291 g/mol. The van der Waals surface area contributed by atoms with E-state index in [2.05, 4.69) is 5.32 Å². The maximum Gasteiger partial charge on any atom is 0.230 e. The molecule has 2 N–H and O–H groups in total. The molecule has 1 amide bonds. The van der Waals surface area contributed by atoms with Crippen LogP contribution in [0.2, 0.25) is 0 Å². The predicted octanol–water partition coefficient (Wildman–Crippen LogP) is 2.52. The molecule has 114 valence electrons. The van der Waals surface area contributed by atoms with Crippen molar-refractivity contribution in [3.63, 3.8) is 0 Å².